The Kier molecular flexibility index (Phi) is 5.51. The fourth-order valence-electron chi connectivity index (χ4n) is 3.51. The van der Waals surface area contributed by atoms with Gasteiger partial charge in [-0.25, -0.2) is 9.37 Å². The molecule has 0 spiro atoms. The van der Waals surface area contributed by atoms with Gasteiger partial charge in [-0.3, -0.25) is 4.57 Å². The normalized spacial score (nSPS) is 14.0. The van der Waals surface area contributed by atoms with Gasteiger partial charge in [0, 0.05) is 42.0 Å². The topological polar surface area (TPSA) is 21.1 Å². The highest BCUT2D eigenvalue weighted by molar-refractivity contribution is 6.30. The summed E-state index contributed by atoms with van der Waals surface area (Å²) in [6.07, 6.45) is 5.65. The van der Waals surface area contributed by atoms with Crippen molar-refractivity contribution in [2.75, 3.05) is 20.1 Å². The van der Waals surface area contributed by atoms with Gasteiger partial charge in [0.1, 0.15) is 11.6 Å². The zero-order chi connectivity index (χ0) is 19.7. The van der Waals surface area contributed by atoms with E-state index in [9.17, 15) is 4.39 Å². The van der Waals surface area contributed by atoms with E-state index in [1.807, 2.05) is 35.8 Å². The minimum absolute atomic E-state index is 0.253. The van der Waals surface area contributed by atoms with Crippen molar-refractivity contribution in [3.8, 4) is 17.1 Å². The second-order valence-corrected chi connectivity index (χ2v) is 8.25. The monoisotopic (exact) mass is 397 g/mol. The Morgan fingerprint density at radius 2 is 1.93 bits per heavy atom. The van der Waals surface area contributed by atoms with Crippen molar-refractivity contribution < 1.29 is 4.39 Å². The molecule has 0 N–H and O–H groups in total. The van der Waals surface area contributed by atoms with Gasteiger partial charge in [0.2, 0.25) is 0 Å². The largest absolute Gasteiger partial charge is 0.306 e. The number of aryl methyl sites for hydroxylation is 1. The summed E-state index contributed by atoms with van der Waals surface area (Å²) in [5, 5.41) is 0.689. The van der Waals surface area contributed by atoms with Crippen molar-refractivity contribution in [2.24, 2.45) is 5.92 Å². The number of imidazole rings is 1. The Morgan fingerprint density at radius 1 is 1.18 bits per heavy atom. The fraction of sp³-hybridized carbons (Fsp3) is 0.348. The van der Waals surface area contributed by atoms with Gasteiger partial charge in [-0.2, -0.15) is 0 Å². The molecule has 2 aromatic carbocycles. The van der Waals surface area contributed by atoms with Gasteiger partial charge in [-0.05, 0) is 74.7 Å². The molecule has 28 heavy (non-hydrogen) atoms. The maximum Gasteiger partial charge on any atom is 0.145 e. The lowest BCUT2D eigenvalue weighted by molar-refractivity contribution is 0.323. The lowest BCUT2D eigenvalue weighted by Gasteiger charge is -2.14. The third-order valence-corrected chi connectivity index (χ3v) is 5.57. The maximum absolute atomic E-state index is 13.9. The summed E-state index contributed by atoms with van der Waals surface area (Å²) in [6, 6.07) is 12.5. The average molecular weight is 398 g/mol. The molecule has 3 nitrogen and oxygen atoms in total. The van der Waals surface area contributed by atoms with Gasteiger partial charge in [0.15, 0.2) is 0 Å². The number of likely N-dealkylation sites (N-methyl/N-ethyl adjacent to an activating group) is 1. The van der Waals surface area contributed by atoms with Crippen LogP contribution in [-0.2, 0) is 6.42 Å². The van der Waals surface area contributed by atoms with Gasteiger partial charge in [-0.1, -0.05) is 17.7 Å². The minimum atomic E-state index is -0.253. The third-order valence-electron chi connectivity index (χ3n) is 5.32. The highest BCUT2D eigenvalue weighted by Crippen LogP contribution is 2.30. The summed E-state index contributed by atoms with van der Waals surface area (Å²) >= 11 is 6.06. The molecule has 1 heterocycles. The molecule has 1 aliphatic rings. The quantitative estimate of drug-likeness (QED) is 0.523. The second-order valence-electron chi connectivity index (χ2n) is 7.82. The number of nitrogens with zero attached hydrogens (tertiary/aromatic N) is 3. The molecular formula is C23H25ClFN3. The van der Waals surface area contributed by atoms with Gasteiger partial charge >= 0.3 is 0 Å². The molecule has 0 bridgehead atoms. The molecule has 3 aromatic rings. The Balaban J connectivity index is 1.67. The van der Waals surface area contributed by atoms with E-state index in [1.54, 1.807) is 12.1 Å². The van der Waals surface area contributed by atoms with E-state index < -0.39 is 0 Å². The van der Waals surface area contributed by atoms with E-state index in [0.29, 0.717) is 5.02 Å². The van der Waals surface area contributed by atoms with E-state index in [1.165, 1.54) is 18.9 Å². The molecule has 4 rings (SSSR count). The molecule has 146 valence electrons. The molecule has 0 radical (unpaired) electrons. The SMILES string of the molecule is Cc1ccc(F)cc1-c1nc(CCN(C)CC2CC2)cn1-c1ccc(Cl)cc1. The van der Waals surface area contributed by atoms with E-state index in [2.05, 4.69) is 18.1 Å². The van der Waals surface area contributed by atoms with Crippen molar-refractivity contribution in [1.82, 2.24) is 14.5 Å². The first-order valence-electron chi connectivity index (χ1n) is 9.79. The summed E-state index contributed by atoms with van der Waals surface area (Å²) in [4.78, 5) is 7.27. The molecular weight excluding hydrogens is 373 g/mol. The minimum Gasteiger partial charge on any atom is -0.306 e. The Labute approximate surface area is 170 Å². The molecule has 1 fully saturated rings. The summed E-state index contributed by atoms with van der Waals surface area (Å²) in [6.45, 7) is 4.11. The van der Waals surface area contributed by atoms with Gasteiger partial charge in [0.05, 0.1) is 5.69 Å². The van der Waals surface area contributed by atoms with Crippen LogP contribution in [0.3, 0.4) is 0 Å². The van der Waals surface area contributed by atoms with Crippen LogP contribution in [0.15, 0.2) is 48.7 Å². The van der Waals surface area contributed by atoms with Crippen LogP contribution in [0.5, 0.6) is 0 Å². The Morgan fingerprint density at radius 3 is 2.64 bits per heavy atom. The fourth-order valence-corrected chi connectivity index (χ4v) is 3.64. The molecule has 0 atom stereocenters. The van der Waals surface area contributed by atoms with Crippen LogP contribution >= 0.6 is 11.6 Å². The zero-order valence-corrected chi connectivity index (χ0v) is 17.1. The van der Waals surface area contributed by atoms with E-state index in [4.69, 9.17) is 16.6 Å². The number of aromatic nitrogens is 2. The summed E-state index contributed by atoms with van der Waals surface area (Å²) in [5.74, 6) is 1.39. The van der Waals surface area contributed by atoms with Crippen molar-refractivity contribution in [3.05, 3.63) is 70.8 Å². The van der Waals surface area contributed by atoms with Crippen molar-refractivity contribution in [2.45, 2.75) is 26.2 Å². The van der Waals surface area contributed by atoms with E-state index in [-0.39, 0.29) is 5.82 Å². The van der Waals surface area contributed by atoms with Crippen molar-refractivity contribution >= 4 is 11.6 Å². The first kappa shape index (κ1) is 19.2. The van der Waals surface area contributed by atoms with Crippen LogP contribution in [-0.4, -0.2) is 34.6 Å². The lowest BCUT2D eigenvalue weighted by Crippen LogP contribution is -2.23. The van der Waals surface area contributed by atoms with Crippen LogP contribution in [0.1, 0.15) is 24.1 Å². The van der Waals surface area contributed by atoms with Crippen LogP contribution in [0, 0.1) is 18.7 Å². The van der Waals surface area contributed by atoms with Gasteiger partial charge in [-0.15, -0.1) is 0 Å². The van der Waals surface area contributed by atoms with Crippen molar-refractivity contribution in [3.63, 3.8) is 0 Å². The molecule has 1 saturated carbocycles. The van der Waals surface area contributed by atoms with Crippen LogP contribution in [0.2, 0.25) is 5.02 Å². The highest BCUT2D eigenvalue weighted by Gasteiger charge is 2.23. The average Bonchev–Trinajstić information content (AvgIpc) is 3.38. The van der Waals surface area contributed by atoms with Crippen LogP contribution in [0.25, 0.3) is 17.1 Å². The van der Waals surface area contributed by atoms with E-state index in [0.717, 1.165) is 53.8 Å². The molecule has 0 unspecified atom stereocenters. The number of hydrogen-bond donors (Lipinski definition) is 0. The molecule has 0 saturated heterocycles. The van der Waals surface area contributed by atoms with Crippen LogP contribution in [0.4, 0.5) is 4.39 Å². The zero-order valence-electron chi connectivity index (χ0n) is 16.3. The van der Waals surface area contributed by atoms with Gasteiger partial charge in [0.25, 0.3) is 0 Å². The lowest BCUT2D eigenvalue weighted by atomic mass is 10.1. The number of benzene rings is 2. The standard InChI is InChI=1S/C23H25ClFN3/c1-16-3-8-19(25)13-22(16)23-26-20(11-12-27(2)14-17-4-5-17)15-28(23)21-9-6-18(24)7-10-21/h3,6-10,13,15,17H,4-5,11-12,14H2,1-2H3. The molecule has 1 aromatic heterocycles. The third kappa shape index (κ3) is 4.45. The summed E-state index contributed by atoms with van der Waals surface area (Å²) in [5.41, 5.74) is 3.79. The number of hydrogen-bond acceptors (Lipinski definition) is 2. The second kappa shape index (κ2) is 8.06. The first-order chi connectivity index (χ1) is 13.5. The summed E-state index contributed by atoms with van der Waals surface area (Å²) < 4.78 is 16.0. The number of halogens is 2. The Bertz CT molecular complexity index is 960. The maximum atomic E-state index is 13.9. The predicted molar refractivity (Wildman–Crippen MR) is 113 cm³/mol. The Hall–Kier alpha value is -2.17. The highest BCUT2D eigenvalue weighted by atomic mass is 35.5. The first-order valence-corrected chi connectivity index (χ1v) is 10.2. The molecule has 5 heteroatoms. The molecule has 0 amide bonds. The van der Waals surface area contributed by atoms with E-state index >= 15 is 0 Å². The predicted octanol–water partition coefficient (Wildman–Crippen LogP) is 5.52. The van der Waals surface area contributed by atoms with Gasteiger partial charge < -0.3 is 4.90 Å². The van der Waals surface area contributed by atoms with Crippen LogP contribution < -0.4 is 0 Å². The smallest absolute Gasteiger partial charge is 0.145 e. The molecule has 0 aliphatic heterocycles. The number of rotatable bonds is 7. The summed E-state index contributed by atoms with van der Waals surface area (Å²) in [7, 11) is 2.17. The molecule has 1 aliphatic carbocycles. The van der Waals surface area contributed by atoms with Crippen molar-refractivity contribution in [1.29, 1.82) is 0 Å².